The molecule has 0 saturated carbocycles. The highest BCUT2D eigenvalue weighted by Gasteiger charge is 2.06. The van der Waals surface area contributed by atoms with Crippen molar-refractivity contribution >= 4 is 5.97 Å². The van der Waals surface area contributed by atoms with Gasteiger partial charge in [-0.05, 0) is 29.3 Å². The summed E-state index contributed by atoms with van der Waals surface area (Å²) < 4.78 is 18.8. The zero-order valence-electron chi connectivity index (χ0n) is 10.3. The zero-order chi connectivity index (χ0) is 13.8. The van der Waals surface area contributed by atoms with E-state index in [0.29, 0.717) is 11.1 Å². The molecular weight excluding hydrogens is 249 g/mol. The van der Waals surface area contributed by atoms with Gasteiger partial charge in [0.15, 0.2) is 0 Å². The highest BCUT2D eigenvalue weighted by atomic mass is 19.1. The molecule has 2 aromatic rings. The number of nitrogens with zero attached hydrogens (tertiary/aromatic N) is 1. The summed E-state index contributed by atoms with van der Waals surface area (Å²) in [7, 11) is 1.26. The number of hydrogen-bond acceptors (Lipinski definition) is 3. The van der Waals surface area contributed by atoms with Gasteiger partial charge >= 0.3 is 5.97 Å². The van der Waals surface area contributed by atoms with Crippen LogP contribution in [0.3, 0.4) is 0 Å². The predicted molar refractivity (Wildman–Crippen MR) is 68.1 cm³/mol. The molecule has 0 saturated heterocycles. The maximum Gasteiger partial charge on any atom is 0.325 e. The van der Waals surface area contributed by atoms with Crippen LogP contribution in [0.25, 0.3) is 11.1 Å². The van der Waals surface area contributed by atoms with Gasteiger partial charge in [0.2, 0.25) is 0 Å². The fourth-order valence-electron chi connectivity index (χ4n) is 1.69. The summed E-state index contributed by atoms with van der Waals surface area (Å²) in [5.41, 5.74) is 0.875. The lowest BCUT2D eigenvalue weighted by Gasteiger charge is -2.06. The highest BCUT2D eigenvalue weighted by Crippen LogP contribution is 2.17. The molecular formula is C14H12FNO3. The average molecular weight is 261 g/mol. The van der Waals surface area contributed by atoms with Crippen LogP contribution in [0.15, 0.2) is 47.4 Å². The van der Waals surface area contributed by atoms with E-state index in [1.807, 2.05) is 0 Å². The van der Waals surface area contributed by atoms with Gasteiger partial charge in [0.1, 0.15) is 12.4 Å². The Balaban J connectivity index is 2.34. The lowest BCUT2D eigenvalue weighted by molar-refractivity contribution is -0.141. The molecule has 0 radical (unpaired) electrons. The molecule has 1 aromatic heterocycles. The number of ether oxygens (including phenoxy) is 1. The van der Waals surface area contributed by atoms with Crippen LogP contribution in [0, 0.1) is 5.82 Å². The molecule has 5 heteroatoms. The van der Waals surface area contributed by atoms with E-state index >= 15 is 0 Å². The van der Waals surface area contributed by atoms with Crippen LogP contribution in [0.5, 0.6) is 0 Å². The minimum absolute atomic E-state index is 0.140. The van der Waals surface area contributed by atoms with Crippen molar-refractivity contribution in [2.24, 2.45) is 0 Å². The number of carbonyl (C=O) groups is 1. The van der Waals surface area contributed by atoms with Crippen LogP contribution in [-0.2, 0) is 16.1 Å². The van der Waals surface area contributed by atoms with Gasteiger partial charge in [-0.2, -0.15) is 0 Å². The lowest BCUT2D eigenvalue weighted by Crippen LogP contribution is -2.23. The van der Waals surface area contributed by atoms with Crippen molar-refractivity contribution in [3.8, 4) is 11.1 Å². The number of benzene rings is 1. The van der Waals surface area contributed by atoms with Crippen molar-refractivity contribution in [3.05, 3.63) is 58.8 Å². The fraction of sp³-hybridized carbons (Fsp3) is 0.143. The summed E-state index contributed by atoms with van der Waals surface area (Å²) in [6.45, 7) is -0.140. The zero-order valence-corrected chi connectivity index (χ0v) is 10.3. The largest absolute Gasteiger partial charge is 0.468 e. The number of aromatic nitrogens is 1. The van der Waals surface area contributed by atoms with Crippen molar-refractivity contribution in [1.82, 2.24) is 4.57 Å². The average Bonchev–Trinajstić information content (AvgIpc) is 2.41. The van der Waals surface area contributed by atoms with Crippen LogP contribution < -0.4 is 5.56 Å². The third-order valence-corrected chi connectivity index (χ3v) is 2.68. The van der Waals surface area contributed by atoms with Gasteiger partial charge in [-0.3, -0.25) is 9.59 Å². The van der Waals surface area contributed by atoms with Gasteiger partial charge in [0, 0.05) is 12.3 Å². The topological polar surface area (TPSA) is 48.3 Å². The molecule has 19 heavy (non-hydrogen) atoms. The summed E-state index contributed by atoms with van der Waals surface area (Å²) in [4.78, 5) is 22.9. The molecule has 1 aromatic carbocycles. The van der Waals surface area contributed by atoms with E-state index in [4.69, 9.17) is 0 Å². The first-order valence-electron chi connectivity index (χ1n) is 5.63. The smallest absolute Gasteiger partial charge is 0.325 e. The molecule has 0 atom stereocenters. The number of halogens is 1. The second-order valence-corrected chi connectivity index (χ2v) is 3.97. The third-order valence-electron chi connectivity index (χ3n) is 2.68. The van der Waals surface area contributed by atoms with E-state index in [2.05, 4.69) is 4.74 Å². The Hall–Kier alpha value is -2.43. The molecule has 0 aliphatic heterocycles. The van der Waals surface area contributed by atoms with Crippen LogP contribution in [0.1, 0.15) is 0 Å². The van der Waals surface area contributed by atoms with Crippen LogP contribution >= 0.6 is 0 Å². The maximum absolute atomic E-state index is 13.1. The SMILES string of the molecule is COC(=O)Cn1ccc(-c2cccc(F)c2)cc1=O. The second kappa shape index (κ2) is 5.48. The van der Waals surface area contributed by atoms with E-state index in [1.54, 1.807) is 18.2 Å². The lowest BCUT2D eigenvalue weighted by atomic mass is 10.1. The molecule has 0 aliphatic rings. The Morgan fingerprint density at radius 1 is 1.26 bits per heavy atom. The number of hydrogen-bond donors (Lipinski definition) is 0. The second-order valence-electron chi connectivity index (χ2n) is 3.97. The molecule has 0 bridgehead atoms. The Morgan fingerprint density at radius 2 is 2.00 bits per heavy atom. The summed E-state index contributed by atoms with van der Waals surface area (Å²) in [6.07, 6.45) is 1.49. The molecule has 98 valence electrons. The Labute approximate surface area is 109 Å². The molecule has 1 heterocycles. The van der Waals surface area contributed by atoms with Gasteiger partial charge in [-0.15, -0.1) is 0 Å². The van der Waals surface area contributed by atoms with Crippen molar-refractivity contribution < 1.29 is 13.9 Å². The Morgan fingerprint density at radius 3 is 2.63 bits per heavy atom. The van der Waals surface area contributed by atoms with Gasteiger partial charge in [-0.25, -0.2) is 4.39 Å². The third kappa shape index (κ3) is 3.07. The molecule has 0 amide bonds. The fourth-order valence-corrected chi connectivity index (χ4v) is 1.69. The van der Waals surface area contributed by atoms with Crippen molar-refractivity contribution in [2.75, 3.05) is 7.11 Å². The van der Waals surface area contributed by atoms with E-state index < -0.39 is 5.97 Å². The van der Waals surface area contributed by atoms with E-state index in [9.17, 15) is 14.0 Å². The van der Waals surface area contributed by atoms with Crippen LogP contribution in [0.2, 0.25) is 0 Å². The predicted octanol–water partition coefficient (Wildman–Crippen LogP) is 1.83. The van der Waals surface area contributed by atoms with E-state index in [-0.39, 0.29) is 17.9 Å². The molecule has 0 aliphatic carbocycles. The normalized spacial score (nSPS) is 10.2. The number of rotatable bonds is 3. The summed E-state index contributed by atoms with van der Waals surface area (Å²) in [6, 6.07) is 8.98. The first-order chi connectivity index (χ1) is 9.10. The first-order valence-corrected chi connectivity index (χ1v) is 5.63. The maximum atomic E-state index is 13.1. The van der Waals surface area contributed by atoms with E-state index in [0.717, 1.165) is 0 Å². The molecule has 0 fully saturated rings. The molecule has 2 rings (SSSR count). The quantitative estimate of drug-likeness (QED) is 0.792. The molecule has 0 unspecified atom stereocenters. The highest BCUT2D eigenvalue weighted by molar-refractivity contribution is 5.69. The van der Waals surface area contributed by atoms with Gasteiger partial charge in [0.05, 0.1) is 7.11 Å². The van der Waals surface area contributed by atoms with Crippen molar-refractivity contribution in [3.63, 3.8) is 0 Å². The number of carbonyl (C=O) groups excluding carboxylic acids is 1. The summed E-state index contributed by atoms with van der Waals surface area (Å²) >= 11 is 0. The van der Waals surface area contributed by atoms with Crippen LogP contribution in [0.4, 0.5) is 4.39 Å². The first kappa shape index (κ1) is 13.0. The summed E-state index contributed by atoms with van der Waals surface area (Å²) in [5, 5.41) is 0. The van der Waals surface area contributed by atoms with Gasteiger partial charge in [-0.1, -0.05) is 12.1 Å². The monoisotopic (exact) mass is 261 g/mol. The van der Waals surface area contributed by atoms with Crippen molar-refractivity contribution in [1.29, 1.82) is 0 Å². The van der Waals surface area contributed by atoms with Gasteiger partial charge in [0.25, 0.3) is 5.56 Å². The van der Waals surface area contributed by atoms with Crippen LogP contribution in [-0.4, -0.2) is 17.6 Å². The number of esters is 1. The number of pyridine rings is 1. The number of methoxy groups -OCH3 is 1. The van der Waals surface area contributed by atoms with Gasteiger partial charge < -0.3 is 9.30 Å². The molecule has 4 nitrogen and oxygen atoms in total. The minimum atomic E-state index is -0.499. The Kier molecular flexibility index (Phi) is 3.75. The standard InChI is InChI=1S/C14H12FNO3/c1-19-14(18)9-16-6-5-11(8-13(16)17)10-3-2-4-12(15)7-10/h2-8H,9H2,1H3. The van der Waals surface area contributed by atoms with E-state index in [1.165, 1.54) is 36.1 Å². The molecule has 0 spiro atoms. The van der Waals surface area contributed by atoms with Crippen molar-refractivity contribution in [2.45, 2.75) is 6.54 Å². The minimum Gasteiger partial charge on any atom is -0.468 e. The Bertz CT molecular complexity index is 664. The summed E-state index contributed by atoms with van der Waals surface area (Å²) in [5.74, 6) is -0.864. The molecule has 0 N–H and O–H groups in total.